The van der Waals surface area contributed by atoms with Crippen LogP contribution in [0.1, 0.15) is 85.1 Å². The summed E-state index contributed by atoms with van der Waals surface area (Å²) in [5.41, 5.74) is 5.48. The maximum atomic E-state index is 6.91. The highest BCUT2D eigenvalue weighted by Gasteiger charge is 2.57. The topological polar surface area (TPSA) is 23.4 Å². The van der Waals surface area contributed by atoms with E-state index in [9.17, 15) is 0 Å². The van der Waals surface area contributed by atoms with Gasteiger partial charge in [0, 0.05) is 17.7 Å². The normalized spacial score (nSPS) is 38.6. The van der Waals surface area contributed by atoms with Gasteiger partial charge >= 0.3 is 0 Å². The van der Waals surface area contributed by atoms with Gasteiger partial charge in [0.2, 0.25) is 0 Å². The fourth-order valence-electron chi connectivity index (χ4n) is 7.90. The predicted octanol–water partition coefficient (Wildman–Crippen LogP) is 7.85. The third-order valence-electron chi connectivity index (χ3n) is 10.9. The molecule has 0 radical (unpaired) electrons. The molecule has 3 heteroatoms. The Morgan fingerprint density at radius 3 is 2.45 bits per heavy atom. The van der Waals surface area contributed by atoms with Gasteiger partial charge in [-0.3, -0.25) is 0 Å². The van der Waals surface area contributed by atoms with Crippen molar-refractivity contribution in [3.8, 4) is 0 Å². The monoisotopic (exact) mass is 464 g/mol. The minimum Gasteiger partial charge on any atom is -0.414 e. The first-order valence-electron chi connectivity index (χ1n) is 13.5. The molecular formula is C30H46NOSi+. The van der Waals surface area contributed by atoms with Crippen molar-refractivity contribution in [1.82, 2.24) is 0 Å². The minimum absolute atomic E-state index is 0.289. The van der Waals surface area contributed by atoms with Crippen LogP contribution in [0.5, 0.6) is 0 Å². The quantitative estimate of drug-likeness (QED) is 0.330. The minimum atomic E-state index is -1.71. The number of nitrogens with one attached hydrogen (secondary N) is 1. The van der Waals surface area contributed by atoms with Gasteiger partial charge in [-0.15, -0.1) is 0 Å². The van der Waals surface area contributed by atoms with Gasteiger partial charge in [0.25, 0.3) is 0 Å². The third-order valence-corrected chi connectivity index (χ3v) is 15.5. The van der Waals surface area contributed by atoms with E-state index in [0.717, 1.165) is 17.8 Å². The first-order valence-corrected chi connectivity index (χ1v) is 16.4. The molecule has 180 valence electrons. The molecule has 3 unspecified atom stereocenters. The van der Waals surface area contributed by atoms with Crippen molar-refractivity contribution < 1.29 is 9.41 Å². The summed E-state index contributed by atoms with van der Waals surface area (Å²) in [6.45, 7) is 17.1. The number of pyridine rings is 1. The van der Waals surface area contributed by atoms with Crippen molar-refractivity contribution in [3.63, 3.8) is 0 Å². The van der Waals surface area contributed by atoms with Crippen molar-refractivity contribution in [1.29, 1.82) is 0 Å². The maximum Gasteiger partial charge on any atom is 0.192 e. The predicted molar refractivity (Wildman–Crippen MR) is 140 cm³/mol. The molecule has 0 spiro atoms. The molecule has 6 atom stereocenters. The van der Waals surface area contributed by atoms with Gasteiger partial charge in [0.05, 0.1) is 0 Å². The van der Waals surface area contributed by atoms with Crippen molar-refractivity contribution >= 4 is 13.9 Å². The van der Waals surface area contributed by atoms with E-state index in [0.29, 0.717) is 16.9 Å². The number of rotatable bonds is 3. The Hall–Kier alpha value is -1.19. The lowest BCUT2D eigenvalue weighted by Crippen LogP contribution is -2.51. The molecule has 0 aliphatic heterocycles. The number of hydrogen-bond donors (Lipinski definition) is 0. The van der Waals surface area contributed by atoms with Crippen molar-refractivity contribution in [2.45, 2.75) is 104 Å². The number of allylic oxidation sites excluding steroid dienone is 3. The van der Waals surface area contributed by atoms with E-state index < -0.39 is 8.32 Å². The number of aromatic amines is 1. The molecule has 2 saturated carbocycles. The molecule has 0 saturated heterocycles. The highest BCUT2D eigenvalue weighted by atomic mass is 28.4. The Morgan fingerprint density at radius 1 is 1.00 bits per heavy atom. The molecule has 2 nitrogen and oxygen atoms in total. The van der Waals surface area contributed by atoms with Crippen LogP contribution in [0.3, 0.4) is 0 Å². The first kappa shape index (κ1) is 23.5. The number of H-pyrrole nitrogens is 1. The Labute approximate surface area is 203 Å². The van der Waals surface area contributed by atoms with Crippen LogP contribution in [0.15, 0.2) is 42.3 Å². The van der Waals surface area contributed by atoms with Gasteiger partial charge in [-0.05, 0) is 103 Å². The van der Waals surface area contributed by atoms with E-state index in [1.165, 1.54) is 50.5 Å². The zero-order valence-corrected chi connectivity index (χ0v) is 23.1. The van der Waals surface area contributed by atoms with E-state index in [1.807, 2.05) is 6.20 Å². The zero-order chi connectivity index (χ0) is 23.6. The van der Waals surface area contributed by atoms with Crippen LogP contribution in [-0.2, 0) is 4.43 Å². The molecule has 1 aromatic heterocycles. The summed E-state index contributed by atoms with van der Waals surface area (Å²) in [6, 6.07) is 4.45. The second kappa shape index (κ2) is 7.91. The van der Waals surface area contributed by atoms with Crippen LogP contribution in [0.2, 0.25) is 18.1 Å². The van der Waals surface area contributed by atoms with Gasteiger partial charge < -0.3 is 4.43 Å². The Kier molecular flexibility index (Phi) is 5.65. The summed E-state index contributed by atoms with van der Waals surface area (Å²) in [6.07, 6.45) is 18.9. The third kappa shape index (κ3) is 3.73. The molecule has 0 aromatic carbocycles. The summed E-state index contributed by atoms with van der Waals surface area (Å²) >= 11 is 0. The number of fused-ring (bicyclic) bond motifs is 5. The zero-order valence-electron chi connectivity index (χ0n) is 22.1. The van der Waals surface area contributed by atoms with E-state index in [4.69, 9.17) is 4.43 Å². The maximum absolute atomic E-state index is 6.91. The largest absolute Gasteiger partial charge is 0.414 e. The van der Waals surface area contributed by atoms with Crippen LogP contribution in [0.4, 0.5) is 0 Å². The molecule has 4 aliphatic rings. The lowest BCUT2D eigenvalue weighted by molar-refractivity contribution is -0.378. The second-order valence-electron chi connectivity index (χ2n) is 13.6. The van der Waals surface area contributed by atoms with Gasteiger partial charge in [-0.2, -0.15) is 0 Å². The molecule has 0 bridgehead atoms. The van der Waals surface area contributed by atoms with Gasteiger partial charge in [0.15, 0.2) is 20.7 Å². The summed E-state index contributed by atoms with van der Waals surface area (Å²) in [5.74, 6) is 2.47. The van der Waals surface area contributed by atoms with Crippen LogP contribution >= 0.6 is 0 Å². The van der Waals surface area contributed by atoms with Crippen LogP contribution in [0.25, 0.3) is 5.57 Å². The second-order valence-corrected chi connectivity index (χ2v) is 18.4. The van der Waals surface area contributed by atoms with Gasteiger partial charge in [-0.1, -0.05) is 52.3 Å². The van der Waals surface area contributed by atoms with E-state index in [1.54, 1.807) is 11.1 Å². The summed E-state index contributed by atoms with van der Waals surface area (Å²) in [7, 11) is -1.71. The van der Waals surface area contributed by atoms with Crippen molar-refractivity contribution in [2.75, 3.05) is 0 Å². The van der Waals surface area contributed by atoms with E-state index in [2.05, 4.69) is 83.2 Å². The van der Waals surface area contributed by atoms with Crippen LogP contribution in [0, 0.1) is 28.6 Å². The molecule has 1 N–H and O–H groups in total. The molecule has 1 aromatic rings. The standard InChI is InChI=1S/C30H45NOSi/c1-28(2,3)33(6,7)32-23-14-16-29(4)22(19-23)10-11-24-26-13-12-25(21-9-8-18-31-20-21)30(26,5)17-15-27(24)29/h8-10,12,18,20,23-24,26-27H,11,13-17,19H2,1-7H3/p+1/t23-,24?,26?,27?,29-,30+/m0/s1. The highest BCUT2D eigenvalue weighted by Crippen LogP contribution is 2.66. The lowest BCUT2D eigenvalue weighted by atomic mass is 9.47. The van der Waals surface area contributed by atoms with E-state index in [-0.39, 0.29) is 5.04 Å². The molecule has 33 heavy (non-hydrogen) atoms. The summed E-state index contributed by atoms with van der Waals surface area (Å²) in [4.78, 5) is 3.32. The molecule has 5 rings (SSSR count). The fraction of sp³-hybridized carbons (Fsp3) is 0.700. The molecule has 0 amide bonds. The SMILES string of the molecule is CC(C)(C)[Si](C)(C)O[C@H]1CC[C@@]2(C)C(=CCC3C2CC[C@]2(C)C(c4ccc[nH+]c4)=CCC32)C1. The fourth-order valence-corrected chi connectivity index (χ4v) is 9.29. The molecule has 2 fully saturated rings. The Bertz CT molecular complexity index is 957. The first-order chi connectivity index (χ1) is 15.5. The summed E-state index contributed by atoms with van der Waals surface area (Å²) < 4.78 is 6.91. The highest BCUT2D eigenvalue weighted by molar-refractivity contribution is 6.74. The number of aromatic nitrogens is 1. The van der Waals surface area contributed by atoms with Gasteiger partial charge in [-0.25, -0.2) is 4.98 Å². The lowest BCUT2D eigenvalue weighted by Gasteiger charge is -2.58. The Balaban J connectivity index is 1.36. The van der Waals surface area contributed by atoms with Gasteiger partial charge in [0.1, 0.15) is 0 Å². The summed E-state index contributed by atoms with van der Waals surface area (Å²) in [5, 5.41) is 0.289. The smallest absolute Gasteiger partial charge is 0.192 e. The Morgan fingerprint density at radius 2 is 1.76 bits per heavy atom. The number of hydrogen-bond acceptors (Lipinski definition) is 1. The van der Waals surface area contributed by atoms with Crippen LogP contribution in [-0.4, -0.2) is 14.4 Å². The average Bonchev–Trinajstić information content (AvgIpc) is 3.11. The van der Waals surface area contributed by atoms with Crippen molar-refractivity contribution in [3.05, 3.63) is 47.8 Å². The molecule has 4 aliphatic carbocycles. The molecular weight excluding hydrogens is 418 g/mol. The van der Waals surface area contributed by atoms with E-state index >= 15 is 0 Å². The molecule has 1 heterocycles. The average molecular weight is 465 g/mol. The van der Waals surface area contributed by atoms with Crippen molar-refractivity contribution in [2.24, 2.45) is 28.6 Å². The van der Waals surface area contributed by atoms with Crippen LogP contribution < -0.4 is 4.98 Å².